The number of rotatable bonds is 2. The molecule has 19 heavy (non-hydrogen) atoms. The second-order valence-corrected chi connectivity index (χ2v) is 5.00. The van der Waals surface area contributed by atoms with Crippen molar-refractivity contribution in [2.45, 2.75) is 19.4 Å². The molecule has 0 atom stereocenters. The van der Waals surface area contributed by atoms with E-state index >= 15 is 0 Å². The highest BCUT2D eigenvalue weighted by Crippen LogP contribution is 2.33. The second-order valence-electron chi connectivity index (χ2n) is 5.00. The van der Waals surface area contributed by atoms with Crippen LogP contribution in [0.15, 0.2) is 22.7 Å². The van der Waals surface area contributed by atoms with Crippen LogP contribution >= 0.6 is 0 Å². The number of fused-ring (bicyclic) bond motifs is 1. The third kappa shape index (κ3) is 2.26. The van der Waals surface area contributed by atoms with E-state index in [-0.39, 0.29) is 0 Å². The topological polar surface area (TPSA) is 83.4 Å². The van der Waals surface area contributed by atoms with E-state index in [4.69, 9.17) is 19.7 Å². The minimum absolute atomic E-state index is 0.400. The Bertz CT molecular complexity index is 601. The Balaban J connectivity index is 1.96. The molecule has 2 heterocycles. The molecule has 0 fully saturated rings. The van der Waals surface area contributed by atoms with Crippen LogP contribution in [-0.4, -0.2) is 23.4 Å². The third-order valence-electron chi connectivity index (χ3n) is 2.78. The van der Waals surface area contributed by atoms with Crippen molar-refractivity contribution in [3.63, 3.8) is 0 Å². The maximum absolute atomic E-state index is 5.92. The summed E-state index contributed by atoms with van der Waals surface area (Å²) in [6.07, 6.45) is 0. The summed E-state index contributed by atoms with van der Waals surface area (Å²) < 4.78 is 16.2. The van der Waals surface area contributed by atoms with Crippen LogP contribution in [0.1, 0.15) is 19.7 Å². The van der Waals surface area contributed by atoms with Crippen molar-refractivity contribution < 1.29 is 14.0 Å². The van der Waals surface area contributed by atoms with Crippen LogP contribution < -0.4 is 15.2 Å². The Morgan fingerprint density at radius 1 is 1.16 bits per heavy atom. The number of nitrogens with two attached hydrogens (primary N) is 1. The second kappa shape index (κ2) is 4.24. The Hall–Kier alpha value is -2.08. The van der Waals surface area contributed by atoms with Gasteiger partial charge in [0.25, 0.3) is 0 Å². The molecule has 0 saturated carbocycles. The average molecular weight is 261 g/mol. The van der Waals surface area contributed by atoms with Crippen molar-refractivity contribution in [1.29, 1.82) is 0 Å². The molecule has 2 aromatic rings. The van der Waals surface area contributed by atoms with Crippen molar-refractivity contribution >= 4 is 0 Å². The first-order valence-electron chi connectivity index (χ1n) is 6.07. The van der Waals surface area contributed by atoms with Crippen molar-refractivity contribution in [2.75, 3.05) is 13.2 Å². The molecule has 0 aliphatic carbocycles. The Kier molecular flexibility index (Phi) is 2.67. The lowest BCUT2D eigenvalue weighted by Crippen LogP contribution is -2.28. The summed E-state index contributed by atoms with van der Waals surface area (Å²) in [5.74, 6) is 2.32. The van der Waals surface area contributed by atoms with Crippen molar-refractivity contribution in [3.05, 3.63) is 24.1 Å². The molecular formula is C13H15N3O3. The molecule has 0 amide bonds. The van der Waals surface area contributed by atoms with Gasteiger partial charge in [0.1, 0.15) is 13.2 Å². The summed E-state index contributed by atoms with van der Waals surface area (Å²) in [6, 6.07) is 5.55. The first-order valence-corrected chi connectivity index (χ1v) is 6.07. The van der Waals surface area contributed by atoms with E-state index < -0.39 is 5.54 Å². The van der Waals surface area contributed by atoms with E-state index in [0.717, 1.165) is 11.3 Å². The molecule has 1 aromatic carbocycles. The van der Waals surface area contributed by atoms with E-state index in [0.29, 0.717) is 30.7 Å². The van der Waals surface area contributed by atoms with Gasteiger partial charge >= 0.3 is 0 Å². The van der Waals surface area contributed by atoms with Gasteiger partial charge in [0, 0.05) is 5.56 Å². The highest BCUT2D eigenvalue weighted by Gasteiger charge is 2.23. The number of benzene rings is 1. The van der Waals surface area contributed by atoms with Crippen LogP contribution in [0.4, 0.5) is 0 Å². The molecule has 0 spiro atoms. The number of ether oxygens (including phenoxy) is 2. The zero-order valence-electron chi connectivity index (χ0n) is 10.8. The molecule has 6 nitrogen and oxygen atoms in total. The first-order chi connectivity index (χ1) is 9.04. The molecule has 1 aromatic heterocycles. The van der Waals surface area contributed by atoms with E-state index in [1.54, 1.807) is 0 Å². The summed E-state index contributed by atoms with van der Waals surface area (Å²) in [7, 11) is 0. The highest BCUT2D eigenvalue weighted by atomic mass is 16.6. The van der Waals surface area contributed by atoms with E-state index in [2.05, 4.69) is 10.1 Å². The minimum Gasteiger partial charge on any atom is -0.486 e. The van der Waals surface area contributed by atoms with Crippen LogP contribution in [0.2, 0.25) is 0 Å². The smallest absolute Gasteiger partial charge is 0.246 e. The Morgan fingerprint density at radius 3 is 2.58 bits per heavy atom. The van der Waals surface area contributed by atoms with Gasteiger partial charge in [0.2, 0.25) is 11.7 Å². The number of hydrogen-bond acceptors (Lipinski definition) is 6. The molecule has 0 radical (unpaired) electrons. The SMILES string of the molecule is CC(C)(N)c1nc(-c2ccc3c(c2)OCCO3)no1. The largest absolute Gasteiger partial charge is 0.486 e. The van der Waals surface area contributed by atoms with Gasteiger partial charge in [-0.2, -0.15) is 4.98 Å². The quantitative estimate of drug-likeness (QED) is 0.885. The predicted octanol–water partition coefficient (Wildman–Crippen LogP) is 1.70. The van der Waals surface area contributed by atoms with Gasteiger partial charge in [-0.25, -0.2) is 0 Å². The monoisotopic (exact) mass is 261 g/mol. The van der Waals surface area contributed by atoms with Crippen LogP contribution in [0.3, 0.4) is 0 Å². The van der Waals surface area contributed by atoms with Crippen LogP contribution in [0.25, 0.3) is 11.4 Å². The van der Waals surface area contributed by atoms with Crippen molar-refractivity contribution in [2.24, 2.45) is 5.73 Å². The molecule has 100 valence electrons. The molecule has 1 aliphatic rings. The molecule has 0 unspecified atom stereocenters. The Morgan fingerprint density at radius 2 is 1.89 bits per heavy atom. The fraction of sp³-hybridized carbons (Fsp3) is 0.385. The highest BCUT2D eigenvalue weighted by molar-refractivity contribution is 5.61. The molecule has 1 aliphatic heterocycles. The Labute approximate surface area is 110 Å². The van der Waals surface area contributed by atoms with Gasteiger partial charge in [0.15, 0.2) is 11.5 Å². The van der Waals surface area contributed by atoms with Gasteiger partial charge in [-0.05, 0) is 32.0 Å². The van der Waals surface area contributed by atoms with Gasteiger partial charge in [-0.1, -0.05) is 5.16 Å². The van der Waals surface area contributed by atoms with Crippen molar-refractivity contribution in [3.8, 4) is 22.9 Å². The molecule has 6 heteroatoms. The summed E-state index contributed by atoms with van der Waals surface area (Å²) in [6.45, 7) is 4.74. The van der Waals surface area contributed by atoms with Gasteiger partial charge < -0.3 is 19.7 Å². The van der Waals surface area contributed by atoms with Crippen LogP contribution in [0, 0.1) is 0 Å². The van der Waals surface area contributed by atoms with Crippen molar-refractivity contribution in [1.82, 2.24) is 10.1 Å². The zero-order valence-corrected chi connectivity index (χ0v) is 10.8. The maximum atomic E-state index is 5.92. The van der Waals surface area contributed by atoms with Gasteiger partial charge in [0.05, 0.1) is 5.54 Å². The standard InChI is InChI=1S/C13H15N3O3/c1-13(2,14)12-15-11(16-19-12)8-3-4-9-10(7-8)18-6-5-17-9/h3-4,7H,5-6,14H2,1-2H3. The zero-order chi connectivity index (χ0) is 13.5. The predicted molar refractivity (Wildman–Crippen MR) is 67.9 cm³/mol. The molecule has 3 rings (SSSR count). The summed E-state index contributed by atoms with van der Waals surface area (Å²) in [5.41, 5.74) is 6.07. The molecular weight excluding hydrogens is 246 g/mol. The fourth-order valence-corrected chi connectivity index (χ4v) is 1.78. The molecule has 0 bridgehead atoms. The van der Waals surface area contributed by atoms with Gasteiger partial charge in [-0.3, -0.25) is 0 Å². The van der Waals surface area contributed by atoms with Crippen LogP contribution in [-0.2, 0) is 5.54 Å². The number of nitrogens with zero attached hydrogens (tertiary/aromatic N) is 2. The molecule has 2 N–H and O–H groups in total. The fourth-order valence-electron chi connectivity index (χ4n) is 1.78. The lowest BCUT2D eigenvalue weighted by atomic mass is 10.1. The van der Waals surface area contributed by atoms with E-state index in [1.165, 1.54) is 0 Å². The lowest BCUT2D eigenvalue weighted by molar-refractivity contribution is 0.171. The van der Waals surface area contributed by atoms with E-state index in [9.17, 15) is 0 Å². The maximum Gasteiger partial charge on any atom is 0.246 e. The van der Waals surface area contributed by atoms with E-state index in [1.807, 2.05) is 32.0 Å². The third-order valence-corrected chi connectivity index (χ3v) is 2.78. The first kappa shape index (κ1) is 12.0. The minimum atomic E-state index is -0.654. The summed E-state index contributed by atoms with van der Waals surface area (Å²) in [5, 5.41) is 3.94. The number of hydrogen-bond donors (Lipinski definition) is 1. The normalized spacial score (nSPS) is 14.5. The van der Waals surface area contributed by atoms with Crippen LogP contribution in [0.5, 0.6) is 11.5 Å². The molecule has 0 saturated heterocycles. The number of aromatic nitrogens is 2. The lowest BCUT2D eigenvalue weighted by Gasteiger charge is -2.18. The summed E-state index contributed by atoms with van der Waals surface area (Å²) >= 11 is 0. The average Bonchev–Trinajstić information content (AvgIpc) is 2.87. The summed E-state index contributed by atoms with van der Waals surface area (Å²) in [4.78, 5) is 4.30. The van der Waals surface area contributed by atoms with Gasteiger partial charge in [-0.15, -0.1) is 0 Å².